The highest BCUT2D eigenvalue weighted by Crippen LogP contribution is 2.17. The van der Waals surface area contributed by atoms with E-state index < -0.39 is 5.54 Å². The Balaban J connectivity index is 2.19. The van der Waals surface area contributed by atoms with Crippen LogP contribution in [0.5, 0.6) is 0 Å². The average molecular weight is 195 g/mol. The lowest BCUT2D eigenvalue weighted by Gasteiger charge is -2.22. The standard InChI is InChI=1S/C11H21N3/c1-10-5-3-7-14(10)8-4-6-11(2,13)9-12/h10H,3-8,13H2,1-2H3. The van der Waals surface area contributed by atoms with Gasteiger partial charge in [-0.25, -0.2) is 0 Å². The van der Waals surface area contributed by atoms with E-state index in [1.54, 1.807) is 6.92 Å². The predicted molar refractivity (Wildman–Crippen MR) is 57.7 cm³/mol. The van der Waals surface area contributed by atoms with Crippen molar-refractivity contribution >= 4 is 0 Å². The van der Waals surface area contributed by atoms with Gasteiger partial charge < -0.3 is 10.6 Å². The Bertz CT molecular complexity index is 217. The van der Waals surface area contributed by atoms with Crippen LogP contribution in [0, 0.1) is 11.3 Å². The van der Waals surface area contributed by atoms with Crippen molar-refractivity contribution in [3.8, 4) is 6.07 Å². The van der Waals surface area contributed by atoms with E-state index in [2.05, 4.69) is 17.9 Å². The fraction of sp³-hybridized carbons (Fsp3) is 0.909. The van der Waals surface area contributed by atoms with Crippen LogP contribution < -0.4 is 5.73 Å². The van der Waals surface area contributed by atoms with Crippen LogP contribution in [0.15, 0.2) is 0 Å². The van der Waals surface area contributed by atoms with Crippen molar-refractivity contribution in [1.29, 1.82) is 5.26 Å². The minimum atomic E-state index is -0.636. The van der Waals surface area contributed by atoms with Crippen LogP contribution in [0.3, 0.4) is 0 Å². The lowest BCUT2D eigenvalue weighted by Crippen LogP contribution is -2.36. The molecule has 0 amide bonds. The van der Waals surface area contributed by atoms with Gasteiger partial charge in [0.1, 0.15) is 5.54 Å². The largest absolute Gasteiger partial charge is 0.314 e. The third-order valence-electron chi connectivity index (χ3n) is 3.09. The lowest BCUT2D eigenvalue weighted by atomic mass is 9.99. The molecule has 3 heteroatoms. The second kappa shape index (κ2) is 4.77. The van der Waals surface area contributed by atoms with Gasteiger partial charge in [0.2, 0.25) is 0 Å². The molecular weight excluding hydrogens is 174 g/mol. The molecular formula is C11H21N3. The average Bonchev–Trinajstić information content (AvgIpc) is 2.52. The molecule has 0 aromatic carbocycles. The first-order valence-corrected chi connectivity index (χ1v) is 5.49. The Morgan fingerprint density at radius 2 is 2.36 bits per heavy atom. The van der Waals surface area contributed by atoms with Crippen molar-refractivity contribution in [1.82, 2.24) is 4.90 Å². The van der Waals surface area contributed by atoms with Crippen LogP contribution in [0.4, 0.5) is 0 Å². The Labute approximate surface area is 86.9 Å². The van der Waals surface area contributed by atoms with Crippen LogP contribution >= 0.6 is 0 Å². The molecule has 1 aliphatic rings. The fourth-order valence-electron chi connectivity index (χ4n) is 2.03. The molecule has 0 aliphatic carbocycles. The van der Waals surface area contributed by atoms with E-state index in [1.165, 1.54) is 19.4 Å². The maximum absolute atomic E-state index is 8.75. The van der Waals surface area contributed by atoms with E-state index in [0.717, 1.165) is 25.4 Å². The van der Waals surface area contributed by atoms with Crippen molar-refractivity contribution in [2.75, 3.05) is 13.1 Å². The second-order valence-electron chi connectivity index (χ2n) is 4.66. The van der Waals surface area contributed by atoms with E-state index >= 15 is 0 Å². The molecule has 2 N–H and O–H groups in total. The number of nitriles is 1. The Kier molecular flexibility index (Phi) is 3.91. The number of likely N-dealkylation sites (tertiary alicyclic amines) is 1. The predicted octanol–water partition coefficient (Wildman–Crippen LogP) is 1.49. The van der Waals surface area contributed by atoms with Gasteiger partial charge >= 0.3 is 0 Å². The van der Waals surface area contributed by atoms with E-state index in [1.807, 2.05) is 0 Å². The van der Waals surface area contributed by atoms with Crippen LogP contribution in [0.2, 0.25) is 0 Å². The summed E-state index contributed by atoms with van der Waals surface area (Å²) in [4.78, 5) is 2.49. The molecule has 1 aliphatic heterocycles. The summed E-state index contributed by atoms with van der Waals surface area (Å²) < 4.78 is 0. The number of nitrogens with zero attached hydrogens (tertiary/aromatic N) is 2. The van der Waals surface area contributed by atoms with Crippen molar-refractivity contribution in [2.45, 2.75) is 51.1 Å². The summed E-state index contributed by atoms with van der Waals surface area (Å²) in [6, 6.07) is 2.86. The molecule has 1 fully saturated rings. The van der Waals surface area contributed by atoms with E-state index in [4.69, 9.17) is 11.0 Å². The van der Waals surface area contributed by atoms with Gasteiger partial charge in [0.25, 0.3) is 0 Å². The van der Waals surface area contributed by atoms with Crippen molar-refractivity contribution in [3.05, 3.63) is 0 Å². The molecule has 1 rings (SSSR count). The Morgan fingerprint density at radius 1 is 1.64 bits per heavy atom. The summed E-state index contributed by atoms with van der Waals surface area (Å²) in [6.07, 6.45) is 4.47. The van der Waals surface area contributed by atoms with Gasteiger partial charge in [-0.3, -0.25) is 0 Å². The van der Waals surface area contributed by atoms with E-state index in [-0.39, 0.29) is 0 Å². The minimum Gasteiger partial charge on any atom is -0.314 e. The van der Waals surface area contributed by atoms with Gasteiger partial charge in [0.15, 0.2) is 0 Å². The first-order chi connectivity index (χ1) is 6.55. The molecule has 0 aromatic rings. The van der Waals surface area contributed by atoms with Gasteiger partial charge in [-0.1, -0.05) is 0 Å². The highest BCUT2D eigenvalue weighted by atomic mass is 15.2. The van der Waals surface area contributed by atoms with Crippen molar-refractivity contribution in [3.63, 3.8) is 0 Å². The molecule has 1 heterocycles. The van der Waals surface area contributed by atoms with Gasteiger partial charge in [0.05, 0.1) is 6.07 Å². The molecule has 1 saturated heterocycles. The summed E-state index contributed by atoms with van der Waals surface area (Å²) in [5.74, 6) is 0. The number of nitrogens with two attached hydrogens (primary N) is 1. The fourth-order valence-corrected chi connectivity index (χ4v) is 2.03. The maximum atomic E-state index is 8.75. The molecule has 0 spiro atoms. The first kappa shape index (κ1) is 11.5. The van der Waals surface area contributed by atoms with Crippen LogP contribution in [-0.2, 0) is 0 Å². The zero-order valence-corrected chi connectivity index (χ0v) is 9.29. The highest BCUT2D eigenvalue weighted by molar-refractivity contribution is 5.00. The molecule has 2 unspecified atom stereocenters. The van der Waals surface area contributed by atoms with E-state index in [0.29, 0.717) is 0 Å². The zero-order valence-electron chi connectivity index (χ0n) is 9.29. The second-order valence-corrected chi connectivity index (χ2v) is 4.66. The zero-order chi connectivity index (χ0) is 10.6. The normalized spacial score (nSPS) is 27.1. The number of rotatable bonds is 4. The van der Waals surface area contributed by atoms with Crippen molar-refractivity contribution in [2.24, 2.45) is 5.73 Å². The molecule has 14 heavy (non-hydrogen) atoms. The molecule has 0 bridgehead atoms. The summed E-state index contributed by atoms with van der Waals surface area (Å²) in [7, 11) is 0. The molecule has 2 atom stereocenters. The van der Waals surface area contributed by atoms with Crippen LogP contribution in [0.25, 0.3) is 0 Å². The number of hydrogen-bond acceptors (Lipinski definition) is 3. The molecule has 3 nitrogen and oxygen atoms in total. The summed E-state index contributed by atoms with van der Waals surface area (Å²) in [6.45, 7) is 6.39. The van der Waals surface area contributed by atoms with Gasteiger partial charge in [0, 0.05) is 6.04 Å². The highest BCUT2D eigenvalue weighted by Gasteiger charge is 2.21. The van der Waals surface area contributed by atoms with Gasteiger partial charge in [-0.15, -0.1) is 0 Å². The minimum absolute atomic E-state index is 0.636. The van der Waals surface area contributed by atoms with E-state index in [9.17, 15) is 0 Å². The van der Waals surface area contributed by atoms with Gasteiger partial charge in [-0.2, -0.15) is 5.26 Å². The summed E-state index contributed by atoms with van der Waals surface area (Å²) in [5.41, 5.74) is 5.12. The maximum Gasteiger partial charge on any atom is 0.101 e. The molecule has 0 radical (unpaired) electrons. The number of hydrogen-bond donors (Lipinski definition) is 1. The SMILES string of the molecule is CC1CCCN1CCCC(C)(N)C#N. The van der Waals surface area contributed by atoms with Crippen LogP contribution in [0.1, 0.15) is 39.5 Å². The molecule has 0 saturated carbocycles. The molecule has 80 valence electrons. The summed E-state index contributed by atoms with van der Waals surface area (Å²) in [5, 5.41) is 8.75. The third-order valence-corrected chi connectivity index (χ3v) is 3.09. The first-order valence-electron chi connectivity index (χ1n) is 5.49. The van der Waals surface area contributed by atoms with Crippen LogP contribution in [-0.4, -0.2) is 29.6 Å². The summed E-state index contributed by atoms with van der Waals surface area (Å²) >= 11 is 0. The topological polar surface area (TPSA) is 53.0 Å². The van der Waals surface area contributed by atoms with Gasteiger partial charge in [-0.05, 0) is 52.6 Å². The smallest absolute Gasteiger partial charge is 0.101 e. The lowest BCUT2D eigenvalue weighted by molar-refractivity contribution is 0.257. The quantitative estimate of drug-likeness (QED) is 0.739. The molecule has 0 aromatic heterocycles. The van der Waals surface area contributed by atoms with Crippen molar-refractivity contribution < 1.29 is 0 Å². The monoisotopic (exact) mass is 195 g/mol. The Hall–Kier alpha value is -0.590. The Morgan fingerprint density at radius 3 is 2.86 bits per heavy atom. The third kappa shape index (κ3) is 3.28.